The van der Waals surface area contributed by atoms with Gasteiger partial charge < -0.3 is 24.4 Å². The van der Waals surface area contributed by atoms with Crippen LogP contribution in [0.4, 0.5) is 8.78 Å². The summed E-state index contributed by atoms with van der Waals surface area (Å²) in [5.41, 5.74) is 0.978. The molecule has 180 valence electrons. The second kappa shape index (κ2) is 12.0. The van der Waals surface area contributed by atoms with Crippen molar-refractivity contribution in [2.45, 2.75) is 40.0 Å². The summed E-state index contributed by atoms with van der Waals surface area (Å²) in [6, 6.07) is 10.4. The number of methoxy groups -OCH3 is 1. The molecule has 0 aromatic heterocycles. The number of alkyl halides is 2. The number of halogens is 2. The molecule has 0 fully saturated rings. The fourth-order valence-corrected chi connectivity index (χ4v) is 3.20. The monoisotopic (exact) mass is 464 g/mol. The van der Waals surface area contributed by atoms with E-state index in [-0.39, 0.29) is 35.8 Å². The fourth-order valence-electron chi connectivity index (χ4n) is 3.20. The zero-order chi connectivity index (χ0) is 24.5. The molecule has 9 heteroatoms. The molecule has 0 aliphatic rings. The number of carbonyl (C=O) groups is 2. The van der Waals surface area contributed by atoms with Gasteiger partial charge in [-0.2, -0.15) is 8.78 Å². The number of hydrogen-bond acceptors (Lipinski definition) is 5. The highest BCUT2D eigenvalue weighted by molar-refractivity contribution is 5.97. The zero-order valence-electron chi connectivity index (χ0n) is 19.4. The maximum absolute atomic E-state index is 13.1. The molecule has 0 bridgehead atoms. The number of ether oxygens (including phenoxy) is 3. The quantitative estimate of drug-likeness (QED) is 0.542. The topological polar surface area (TPSA) is 77.1 Å². The lowest BCUT2D eigenvalue weighted by molar-refractivity contribution is -0.133. The van der Waals surface area contributed by atoms with Crippen LogP contribution in [-0.4, -0.2) is 50.1 Å². The summed E-state index contributed by atoms with van der Waals surface area (Å²) >= 11 is 0. The predicted molar refractivity (Wildman–Crippen MR) is 120 cm³/mol. The highest BCUT2D eigenvalue weighted by Gasteiger charge is 2.27. The third-order valence-corrected chi connectivity index (χ3v) is 4.89. The van der Waals surface area contributed by atoms with E-state index < -0.39 is 12.7 Å². The van der Waals surface area contributed by atoms with E-state index in [1.165, 1.54) is 24.1 Å². The van der Waals surface area contributed by atoms with Gasteiger partial charge in [0.2, 0.25) is 5.91 Å². The van der Waals surface area contributed by atoms with E-state index in [0.29, 0.717) is 23.5 Å². The number of carbonyl (C=O) groups excluding carboxylic acids is 2. The molecule has 0 saturated carbocycles. The van der Waals surface area contributed by atoms with Crippen molar-refractivity contribution in [1.82, 2.24) is 10.2 Å². The minimum absolute atomic E-state index is 0.116. The van der Waals surface area contributed by atoms with Crippen LogP contribution in [0.15, 0.2) is 42.5 Å². The maximum Gasteiger partial charge on any atom is 0.387 e. The first-order valence-corrected chi connectivity index (χ1v) is 10.6. The van der Waals surface area contributed by atoms with Gasteiger partial charge in [-0.3, -0.25) is 9.59 Å². The van der Waals surface area contributed by atoms with Gasteiger partial charge in [-0.25, -0.2) is 0 Å². The molecule has 2 rings (SSSR count). The molecule has 0 aliphatic carbocycles. The number of amides is 2. The van der Waals surface area contributed by atoms with Gasteiger partial charge in [-0.05, 0) is 54.8 Å². The molecule has 0 heterocycles. The highest BCUT2D eigenvalue weighted by atomic mass is 19.3. The smallest absolute Gasteiger partial charge is 0.387 e. The van der Waals surface area contributed by atoms with Gasteiger partial charge in [0.1, 0.15) is 11.8 Å². The van der Waals surface area contributed by atoms with Gasteiger partial charge in [0.25, 0.3) is 5.91 Å². The van der Waals surface area contributed by atoms with Gasteiger partial charge in [-0.15, -0.1) is 0 Å². The summed E-state index contributed by atoms with van der Waals surface area (Å²) in [6.07, 6.45) is 0. The van der Waals surface area contributed by atoms with Crippen LogP contribution in [0.3, 0.4) is 0 Å². The number of likely N-dealkylation sites (N-methyl/N-ethyl adjacent to an activating group) is 1. The van der Waals surface area contributed by atoms with Crippen LogP contribution in [0, 0.1) is 5.92 Å². The molecular formula is C24H30F2N2O5. The summed E-state index contributed by atoms with van der Waals surface area (Å²) < 4.78 is 40.3. The number of nitrogens with zero attached hydrogens (tertiary/aromatic N) is 1. The Morgan fingerprint density at radius 2 is 1.73 bits per heavy atom. The maximum atomic E-state index is 13.1. The summed E-state index contributed by atoms with van der Waals surface area (Å²) in [4.78, 5) is 27.2. The normalized spacial score (nSPS) is 11.8. The van der Waals surface area contributed by atoms with Crippen molar-refractivity contribution in [2.75, 3.05) is 20.8 Å². The minimum atomic E-state index is -3.00. The van der Waals surface area contributed by atoms with E-state index in [1.54, 1.807) is 37.4 Å². The molecule has 2 aromatic rings. The van der Waals surface area contributed by atoms with E-state index in [0.717, 1.165) is 0 Å². The van der Waals surface area contributed by atoms with Crippen molar-refractivity contribution < 1.29 is 32.6 Å². The third kappa shape index (κ3) is 7.34. The highest BCUT2D eigenvalue weighted by Crippen LogP contribution is 2.30. The van der Waals surface area contributed by atoms with Crippen molar-refractivity contribution in [3.8, 4) is 17.2 Å². The van der Waals surface area contributed by atoms with Crippen molar-refractivity contribution in [2.24, 2.45) is 5.92 Å². The largest absolute Gasteiger partial charge is 0.494 e. The average Bonchev–Trinajstić information content (AvgIpc) is 2.77. The molecule has 1 unspecified atom stereocenters. The van der Waals surface area contributed by atoms with E-state index in [4.69, 9.17) is 9.47 Å². The molecule has 33 heavy (non-hydrogen) atoms. The molecule has 2 amide bonds. The first-order valence-electron chi connectivity index (χ1n) is 10.6. The van der Waals surface area contributed by atoms with Gasteiger partial charge >= 0.3 is 6.61 Å². The molecule has 1 N–H and O–H groups in total. The summed E-state index contributed by atoms with van der Waals surface area (Å²) in [5.74, 6) is -0.169. The van der Waals surface area contributed by atoms with E-state index in [1.807, 2.05) is 20.8 Å². The molecule has 0 radical (unpaired) electrons. The van der Waals surface area contributed by atoms with E-state index in [9.17, 15) is 18.4 Å². The second-order valence-electron chi connectivity index (χ2n) is 7.71. The standard InChI is InChI=1S/C24H30F2N2O5/c1-6-32-18-10-8-17(9-11-18)22(29)27-21(15(2)3)23(30)28(4)14-16-7-12-19(31-5)20(13-16)33-24(25)26/h7-13,15,21,24H,6,14H2,1-5H3,(H,27,29). The van der Waals surface area contributed by atoms with Crippen molar-refractivity contribution in [3.63, 3.8) is 0 Å². The number of hydrogen-bond donors (Lipinski definition) is 1. The van der Waals surface area contributed by atoms with Crippen LogP contribution < -0.4 is 19.5 Å². The van der Waals surface area contributed by atoms with Gasteiger partial charge in [0.05, 0.1) is 13.7 Å². The van der Waals surface area contributed by atoms with E-state index in [2.05, 4.69) is 10.1 Å². The second-order valence-corrected chi connectivity index (χ2v) is 7.71. The van der Waals surface area contributed by atoms with Gasteiger partial charge in [-0.1, -0.05) is 19.9 Å². The van der Waals surface area contributed by atoms with Crippen molar-refractivity contribution in [1.29, 1.82) is 0 Å². The van der Waals surface area contributed by atoms with Crippen LogP contribution in [-0.2, 0) is 11.3 Å². The van der Waals surface area contributed by atoms with Crippen LogP contribution >= 0.6 is 0 Å². The first kappa shape index (κ1) is 25.9. The Morgan fingerprint density at radius 1 is 1.06 bits per heavy atom. The minimum Gasteiger partial charge on any atom is -0.494 e. The lowest BCUT2D eigenvalue weighted by Gasteiger charge is -2.27. The number of benzene rings is 2. The Bertz CT molecular complexity index is 935. The molecule has 2 aromatic carbocycles. The van der Waals surface area contributed by atoms with Crippen molar-refractivity contribution >= 4 is 11.8 Å². The van der Waals surface area contributed by atoms with Crippen molar-refractivity contribution in [3.05, 3.63) is 53.6 Å². The SMILES string of the molecule is CCOc1ccc(C(=O)NC(C(=O)N(C)Cc2ccc(OC)c(OC(F)F)c2)C(C)C)cc1. The Kier molecular flexibility index (Phi) is 9.44. The molecule has 1 atom stereocenters. The van der Waals surface area contributed by atoms with Crippen LogP contribution in [0.1, 0.15) is 36.7 Å². The van der Waals surface area contributed by atoms with Crippen LogP contribution in [0.25, 0.3) is 0 Å². The summed E-state index contributed by atoms with van der Waals surface area (Å²) in [6.45, 7) is 3.18. The molecular weight excluding hydrogens is 434 g/mol. The number of rotatable bonds is 11. The Balaban J connectivity index is 2.11. The van der Waals surface area contributed by atoms with E-state index >= 15 is 0 Å². The molecule has 0 spiro atoms. The zero-order valence-corrected chi connectivity index (χ0v) is 19.4. The van der Waals surface area contributed by atoms with Gasteiger partial charge in [0.15, 0.2) is 11.5 Å². The first-order chi connectivity index (χ1) is 15.7. The fraction of sp³-hybridized carbons (Fsp3) is 0.417. The molecule has 7 nitrogen and oxygen atoms in total. The molecule has 0 saturated heterocycles. The Hall–Kier alpha value is -3.36. The summed E-state index contributed by atoms with van der Waals surface area (Å²) in [5, 5.41) is 2.79. The van der Waals surface area contributed by atoms with Crippen LogP contribution in [0.5, 0.6) is 17.2 Å². The Morgan fingerprint density at radius 3 is 2.27 bits per heavy atom. The lowest BCUT2D eigenvalue weighted by atomic mass is 10.0. The predicted octanol–water partition coefficient (Wildman–Crippen LogP) is 4.11. The van der Waals surface area contributed by atoms with Gasteiger partial charge in [0, 0.05) is 19.2 Å². The molecule has 0 aliphatic heterocycles. The number of nitrogens with one attached hydrogen (secondary N) is 1. The summed E-state index contributed by atoms with van der Waals surface area (Å²) in [7, 11) is 2.93. The average molecular weight is 465 g/mol. The third-order valence-electron chi connectivity index (χ3n) is 4.89. The van der Waals surface area contributed by atoms with Crippen LogP contribution in [0.2, 0.25) is 0 Å². The lowest BCUT2D eigenvalue weighted by Crippen LogP contribution is -2.50. The Labute approximate surface area is 192 Å².